The van der Waals surface area contributed by atoms with E-state index in [2.05, 4.69) is 26.7 Å². The van der Waals surface area contributed by atoms with E-state index in [1.807, 2.05) is 31.2 Å². The quantitative estimate of drug-likeness (QED) is 0.898. The third kappa shape index (κ3) is 3.34. The highest BCUT2D eigenvalue weighted by Crippen LogP contribution is 2.24. The Kier molecular flexibility index (Phi) is 4.19. The smallest absolute Gasteiger partial charge is 0.136 e. The number of aromatic nitrogens is 2. The van der Waals surface area contributed by atoms with Crippen LogP contribution < -0.4 is 10.6 Å². The molecule has 5 nitrogen and oxygen atoms in total. The van der Waals surface area contributed by atoms with Crippen LogP contribution in [0, 0.1) is 18.3 Å². The molecule has 1 heterocycles. The van der Waals surface area contributed by atoms with E-state index in [4.69, 9.17) is 5.26 Å². The van der Waals surface area contributed by atoms with Gasteiger partial charge in [-0.05, 0) is 31.9 Å². The first-order valence-corrected chi connectivity index (χ1v) is 7.63. The van der Waals surface area contributed by atoms with E-state index in [1.54, 1.807) is 6.07 Å². The molecule has 1 aliphatic rings. The van der Waals surface area contributed by atoms with Crippen LogP contribution in [0.25, 0.3) is 0 Å². The zero-order valence-electron chi connectivity index (χ0n) is 12.6. The SMILES string of the molecule is Cc1nc(Nc2ccccc2C#N)cc(NC2CCCC2)n1. The zero-order valence-corrected chi connectivity index (χ0v) is 12.6. The molecule has 0 amide bonds. The summed E-state index contributed by atoms with van der Waals surface area (Å²) < 4.78 is 0. The van der Waals surface area contributed by atoms with E-state index < -0.39 is 0 Å². The van der Waals surface area contributed by atoms with E-state index in [0.717, 1.165) is 11.5 Å². The normalized spacial score (nSPS) is 14.5. The van der Waals surface area contributed by atoms with Crippen LogP contribution in [0.15, 0.2) is 30.3 Å². The maximum Gasteiger partial charge on any atom is 0.136 e. The van der Waals surface area contributed by atoms with Gasteiger partial charge in [-0.25, -0.2) is 9.97 Å². The van der Waals surface area contributed by atoms with E-state index in [1.165, 1.54) is 25.7 Å². The second-order valence-electron chi connectivity index (χ2n) is 5.59. The van der Waals surface area contributed by atoms with Gasteiger partial charge in [-0.2, -0.15) is 5.26 Å². The highest BCUT2D eigenvalue weighted by Gasteiger charge is 2.15. The largest absolute Gasteiger partial charge is 0.367 e. The lowest BCUT2D eigenvalue weighted by Crippen LogP contribution is -2.16. The molecule has 22 heavy (non-hydrogen) atoms. The number of hydrogen-bond acceptors (Lipinski definition) is 5. The number of nitriles is 1. The van der Waals surface area contributed by atoms with E-state index in [-0.39, 0.29) is 0 Å². The summed E-state index contributed by atoms with van der Waals surface area (Å²) in [4.78, 5) is 8.86. The molecule has 0 atom stereocenters. The predicted molar refractivity (Wildman–Crippen MR) is 87.1 cm³/mol. The zero-order chi connectivity index (χ0) is 15.4. The molecule has 1 saturated carbocycles. The lowest BCUT2D eigenvalue weighted by molar-refractivity contribution is 0.748. The molecule has 0 radical (unpaired) electrons. The van der Waals surface area contributed by atoms with Crippen molar-refractivity contribution in [2.24, 2.45) is 0 Å². The van der Waals surface area contributed by atoms with Crippen molar-refractivity contribution in [3.63, 3.8) is 0 Å². The number of nitrogens with one attached hydrogen (secondary N) is 2. The summed E-state index contributed by atoms with van der Waals surface area (Å²) in [5.74, 6) is 2.26. The van der Waals surface area contributed by atoms with Crippen LogP contribution in [0.4, 0.5) is 17.3 Å². The van der Waals surface area contributed by atoms with Gasteiger partial charge in [0.05, 0.1) is 11.3 Å². The summed E-state index contributed by atoms with van der Waals surface area (Å²) in [6, 6.07) is 12.0. The van der Waals surface area contributed by atoms with Crippen molar-refractivity contribution in [2.75, 3.05) is 10.6 Å². The Morgan fingerprint density at radius 3 is 2.64 bits per heavy atom. The number of aryl methyl sites for hydroxylation is 1. The molecule has 1 fully saturated rings. The van der Waals surface area contributed by atoms with Crippen molar-refractivity contribution in [3.8, 4) is 6.07 Å². The van der Waals surface area contributed by atoms with Crippen molar-refractivity contribution in [2.45, 2.75) is 38.6 Å². The standard InChI is InChI=1S/C17H19N5/c1-12-19-16(21-14-7-3-4-8-14)10-17(20-12)22-15-9-5-2-6-13(15)11-18/h2,5-6,9-10,14H,3-4,7-8H2,1H3,(H2,19,20,21,22). The lowest BCUT2D eigenvalue weighted by Gasteiger charge is -2.14. The van der Waals surface area contributed by atoms with E-state index in [9.17, 15) is 0 Å². The molecule has 5 heteroatoms. The number of benzene rings is 1. The number of rotatable bonds is 4. The van der Waals surface area contributed by atoms with Gasteiger partial charge in [0.15, 0.2) is 0 Å². The molecule has 2 aromatic rings. The van der Waals surface area contributed by atoms with Crippen molar-refractivity contribution in [1.29, 1.82) is 5.26 Å². The summed E-state index contributed by atoms with van der Waals surface area (Å²) in [6.45, 7) is 1.88. The highest BCUT2D eigenvalue weighted by atomic mass is 15.1. The Bertz CT molecular complexity index is 698. The highest BCUT2D eigenvalue weighted by molar-refractivity contribution is 5.65. The van der Waals surface area contributed by atoms with Crippen LogP contribution in [0.5, 0.6) is 0 Å². The van der Waals surface area contributed by atoms with Gasteiger partial charge in [0.2, 0.25) is 0 Å². The molecule has 112 valence electrons. The lowest BCUT2D eigenvalue weighted by atomic mass is 10.2. The monoisotopic (exact) mass is 293 g/mol. The Hall–Kier alpha value is -2.61. The van der Waals surface area contributed by atoms with Gasteiger partial charge in [-0.15, -0.1) is 0 Å². The summed E-state index contributed by atoms with van der Waals surface area (Å²) in [7, 11) is 0. The maximum absolute atomic E-state index is 9.16. The van der Waals surface area contributed by atoms with E-state index >= 15 is 0 Å². The Morgan fingerprint density at radius 2 is 1.86 bits per heavy atom. The van der Waals surface area contributed by atoms with Crippen LogP contribution in [-0.4, -0.2) is 16.0 Å². The first-order chi connectivity index (χ1) is 10.7. The fraction of sp³-hybridized carbons (Fsp3) is 0.353. The number of hydrogen-bond donors (Lipinski definition) is 2. The molecule has 1 aliphatic carbocycles. The maximum atomic E-state index is 9.16. The number of anilines is 3. The summed E-state index contributed by atoms with van der Waals surface area (Å²) >= 11 is 0. The van der Waals surface area contributed by atoms with Gasteiger partial charge in [0.1, 0.15) is 23.5 Å². The fourth-order valence-corrected chi connectivity index (χ4v) is 2.81. The van der Waals surface area contributed by atoms with Crippen molar-refractivity contribution < 1.29 is 0 Å². The van der Waals surface area contributed by atoms with Crippen molar-refractivity contribution in [1.82, 2.24) is 9.97 Å². The van der Waals surface area contributed by atoms with Gasteiger partial charge >= 0.3 is 0 Å². The number of para-hydroxylation sites is 1. The first-order valence-electron chi connectivity index (χ1n) is 7.63. The molecular formula is C17H19N5. The molecule has 1 aromatic carbocycles. The van der Waals surface area contributed by atoms with Gasteiger partial charge in [0.25, 0.3) is 0 Å². The third-order valence-corrected chi connectivity index (χ3v) is 3.86. The fourth-order valence-electron chi connectivity index (χ4n) is 2.81. The molecule has 0 unspecified atom stereocenters. The minimum Gasteiger partial charge on any atom is -0.367 e. The topological polar surface area (TPSA) is 73.6 Å². The van der Waals surface area contributed by atoms with Crippen molar-refractivity contribution in [3.05, 3.63) is 41.7 Å². The Labute approximate surface area is 130 Å². The minimum absolute atomic E-state index is 0.508. The molecule has 0 saturated heterocycles. The van der Waals surface area contributed by atoms with Crippen LogP contribution in [-0.2, 0) is 0 Å². The number of nitrogens with zero attached hydrogens (tertiary/aromatic N) is 3. The molecule has 2 N–H and O–H groups in total. The van der Waals surface area contributed by atoms with Gasteiger partial charge in [-0.3, -0.25) is 0 Å². The second kappa shape index (κ2) is 6.44. The average molecular weight is 293 g/mol. The van der Waals surface area contributed by atoms with Gasteiger partial charge in [-0.1, -0.05) is 25.0 Å². The van der Waals surface area contributed by atoms with Gasteiger partial charge in [0, 0.05) is 12.1 Å². The summed E-state index contributed by atoms with van der Waals surface area (Å²) in [5.41, 5.74) is 1.36. The Balaban J connectivity index is 1.81. The van der Waals surface area contributed by atoms with Crippen LogP contribution in [0.3, 0.4) is 0 Å². The average Bonchev–Trinajstić information content (AvgIpc) is 3.00. The second-order valence-corrected chi connectivity index (χ2v) is 5.59. The molecule has 3 rings (SSSR count). The van der Waals surface area contributed by atoms with Crippen molar-refractivity contribution >= 4 is 17.3 Å². The molecule has 0 bridgehead atoms. The first kappa shape index (κ1) is 14.3. The molecular weight excluding hydrogens is 274 g/mol. The van der Waals surface area contributed by atoms with Crippen LogP contribution >= 0.6 is 0 Å². The minimum atomic E-state index is 0.508. The summed E-state index contributed by atoms with van der Waals surface area (Å²) in [6.07, 6.45) is 4.96. The molecule has 0 aliphatic heterocycles. The molecule has 1 aromatic heterocycles. The van der Waals surface area contributed by atoms with Crippen LogP contribution in [0.2, 0.25) is 0 Å². The summed E-state index contributed by atoms with van der Waals surface area (Å²) in [5, 5.41) is 15.9. The third-order valence-electron chi connectivity index (χ3n) is 3.86. The van der Waals surface area contributed by atoms with Crippen LogP contribution in [0.1, 0.15) is 37.1 Å². The predicted octanol–water partition coefficient (Wildman–Crippen LogP) is 3.75. The van der Waals surface area contributed by atoms with Gasteiger partial charge < -0.3 is 10.6 Å². The molecule has 0 spiro atoms. The Morgan fingerprint density at radius 1 is 1.14 bits per heavy atom. The van der Waals surface area contributed by atoms with E-state index in [0.29, 0.717) is 23.2 Å².